The first kappa shape index (κ1) is 9.39. The minimum atomic E-state index is 0.187. The number of nitrogens with zero attached hydrogens (tertiary/aromatic N) is 1. The minimum absolute atomic E-state index is 0.187. The summed E-state index contributed by atoms with van der Waals surface area (Å²) < 4.78 is 0. The van der Waals surface area contributed by atoms with E-state index in [0.29, 0.717) is 5.92 Å². The number of halogens is 1. The third-order valence-corrected chi connectivity index (χ3v) is 2.17. The molecular weight excluding hydrogens is 174 g/mol. The number of aliphatic imine (C=N–C) groups is 1. The standard InChI is InChI=1S/C8H14ClN3/c1-5(2)7-6(9)4-11-8(10-3)12-7/h4-5,7H,1-3H3,(H2,10,11,12). The van der Waals surface area contributed by atoms with Gasteiger partial charge in [0.15, 0.2) is 5.96 Å². The first-order valence-corrected chi connectivity index (χ1v) is 4.38. The third kappa shape index (κ3) is 1.91. The summed E-state index contributed by atoms with van der Waals surface area (Å²) in [5.41, 5.74) is 0. The molecule has 0 saturated heterocycles. The van der Waals surface area contributed by atoms with Gasteiger partial charge in [-0.3, -0.25) is 4.99 Å². The van der Waals surface area contributed by atoms with Crippen molar-refractivity contribution in [2.45, 2.75) is 19.9 Å². The van der Waals surface area contributed by atoms with Crippen LogP contribution in [0.2, 0.25) is 0 Å². The van der Waals surface area contributed by atoms with Crippen LogP contribution in [0.1, 0.15) is 13.8 Å². The van der Waals surface area contributed by atoms with Gasteiger partial charge in [0.05, 0.1) is 11.1 Å². The second-order valence-electron chi connectivity index (χ2n) is 3.11. The molecule has 0 amide bonds. The predicted molar refractivity (Wildman–Crippen MR) is 52.2 cm³/mol. The quantitative estimate of drug-likeness (QED) is 0.649. The molecule has 0 radical (unpaired) electrons. The van der Waals surface area contributed by atoms with E-state index in [1.54, 1.807) is 13.2 Å². The monoisotopic (exact) mass is 187 g/mol. The van der Waals surface area contributed by atoms with Gasteiger partial charge in [-0.15, -0.1) is 0 Å². The van der Waals surface area contributed by atoms with E-state index in [4.69, 9.17) is 11.6 Å². The van der Waals surface area contributed by atoms with Gasteiger partial charge in [0, 0.05) is 13.2 Å². The van der Waals surface area contributed by atoms with Gasteiger partial charge in [0.25, 0.3) is 0 Å². The van der Waals surface area contributed by atoms with E-state index in [2.05, 4.69) is 29.5 Å². The lowest BCUT2D eigenvalue weighted by Crippen LogP contribution is -2.48. The molecular formula is C8H14ClN3. The van der Waals surface area contributed by atoms with Crippen molar-refractivity contribution in [2.75, 3.05) is 7.05 Å². The molecule has 1 aliphatic rings. The van der Waals surface area contributed by atoms with Crippen molar-refractivity contribution in [1.82, 2.24) is 10.6 Å². The van der Waals surface area contributed by atoms with E-state index in [9.17, 15) is 0 Å². The summed E-state index contributed by atoms with van der Waals surface area (Å²) in [5, 5.41) is 6.94. The molecule has 1 rings (SSSR count). The summed E-state index contributed by atoms with van der Waals surface area (Å²) in [4.78, 5) is 4.01. The highest BCUT2D eigenvalue weighted by Crippen LogP contribution is 2.17. The van der Waals surface area contributed by atoms with Crippen LogP contribution in [-0.4, -0.2) is 19.0 Å². The van der Waals surface area contributed by atoms with Gasteiger partial charge in [-0.2, -0.15) is 0 Å². The Morgan fingerprint density at radius 3 is 2.75 bits per heavy atom. The molecule has 12 heavy (non-hydrogen) atoms. The molecule has 0 aliphatic carbocycles. The molecule has 68 valence electrons. The molecule has 0 spiro atoms. The maximum absolute atomic E-state index is 5.98. The molecule has 0 aromatic carbocycles. The topological polar surface area (TPSA) is 36.4 Å². The zero-order valence-electron chi connectivity index (χ0n) is 7.56. The number of guanidine groups is 1. The highest BCUT2D eigenvalue weighted by molar-refractivity contribution is 6.30. The fourth-order valence-corrected chi connectivity index (χ4v) is 1.46. The first-order chi connectivity index (χ1) is 5.65. The number of rotatable bonds is 1. The first-order valence-electron chi connectivity index (χ1n) is 4.00. The van der Waals surface area contributed by atoms with E-state index >= 15 is 0 Å². The van der Waals surface area contributed by atoms with Crippen LogP contribution in [0.3, 0.4) is 0 Å². The molecule has 3 nitrogen and oxygen atoms in total. The number of hydrogen-bond acceptors (Lipinski definition) is 1. The second kappa shape index (κ2) is 3.81. The summed E-state index contributed by atoms with van der Waals surface area (Å²) in [6, 6.07) is 0.187. The smallest absolute Gasteiger partial charge is 0.195 e. The van der Waals surface area contributed by atoms with Crippen LogP contribution in [0.15, 0.2) is 16.2 Å². The van der Waals surface area contributed by atoms with Gasteiger partial charge >= 0.3 is 0 Å². The normalized spacial score (nSPS) is 26.6. The van der Waals surface area contributed by atoms with Crippen LogP contribution in [0.4, 0.5) is 0 Å². The Bertz CT molecular complexity index is 220. The van der Waals surface area contributed by atoms with E-state index < -0.39 is 0 Å². The molecule has 2 N–H and O–H groups in total. The van der Waals surface area contributed by atoms with Crippen molar-refractivity contribution in [3.8, 4) is 0 Å². The number of hydrogen-bond donors (Lipinski definition) is 2. The molecule has 0 saturated carbocycles. The lowest BCUT2D eigenvalue weighted by Gasteiger charge is -2.27. The zero-order valence-corrected chi connectivity index (χ0v) is 8.31. The van der Waals surface area contributed by atoms with Gasteiger partial charge in [0.2, 0.25) is 0 Å². The Hall–Kier alpha value is -0.700. The Morgan fingerprint density at radius 2 is 2.25 bits per heavy atom. The summed E-state index contributed by atoms with van der Waals surface area (Å²) in [6.07, 6.45) is 1.78. The van der Waals surface area contributed by atoms with Gasteiger partial charge in [-0.25, -0.2) is 0 Å². The maximum atomic E-state index is 5.98. The maximum Gasteiger partial charge on any atom is 0.195 e. The fraction of sp³-hybridized carbons (Fsp3) is 0.625. The van der Waals surface area contributed by atoms with Gasteiger partial charge in [-0.05, 0) is 5.92 Å². The van der Waals surface area contributed by atoms with Gasteiger partial charge in [0.1, 0.15) is 0 Å². The highest BCUT2D eigenvalue weighted by Gasteiger charge is 2.21. The van der Waals surface area contributed by atoms with Crippen molar-refractivity contribution in [3.63, 3.8) is 0 Å². The molecule has 4 heteroatoms. The summed E-state index contributed by atoms with van der Waals surface area (Å²) in [5.74, 6) is 1.24. The van der Waals surface area contributed by atoms with E-state index in [-0.39, 0.29) is 6.04 Å². The Morgan fingerprint density at radius 1 is 1.58 bits per heavy atom. The third-order valence-electron chi connectivity index (χ3n) is 1.83. The van der Waals surface area contributed by atoms with Crippen molar-refractivity contribution in [1.29, 1.82) is 0 Å². The van der Waals surface area contributed by atoms with Crippen molar-refractivity contribution < 1.29 is 0 Å². The molecule has 1 atom stereocenters. The van der Waals surface area contributed by atoms with Crippen LogP contribution in [-0.2, 0) is 0 Å². The number of nitrogens with one attached hydrogen (secondary N) is 2. The SMILES string of the molecule is CN=C1NC=C(Cl)C(C(C)C)N1. The Kier molecular flexibility index (Phi) is 2.98. The van der Waals surface area contributed by atoms with Crippen molar-refractivity contribution >= 4 is 17.6 Å². The van der Waals surface area contributed by atoms with Crippen LogP contribution in [0.25, 0.3) is 0 Å². The van der Waals surface area contributed by atoms with Crippen LogP contribution >= 0.6 is 11.6 Å². The lowest BCUT2D eigenvalue weighted by atomic mass is 10.0. The van der Waals surface area contributed by atoms with E-state index in [0.717, 1.165) is 11.0 Å². The average molecular weight is 188 g/mol. The van der Waals surface area contributed by atoms with E-state index in [1.807, 2.05) is 0 Å². The largest absolute Gasteiger partial charge is 0.348 e. The molecule has 0 aromatic heterocycles. The van der Waals surface area contributed by atoms with E-state index in [1.165, 1.54) is 0 Å². The predicted octanol–water partition coefficient (Wildman–Crippen LogP) is 1.27. The minimum Gasteiger partial charge on any atom is -0.348 e. The van der Waals surface area contributed by atoms with Crippen LogP contribution < -0.4 is 10.6 Å². The Balaban J connectivity index is 2.75. The summed E-state index contributed by atoms with van der Waals surface area (Å²) in [7, 11) is 1.74. The average Bonchev–Trinajstić information content (AvgIpc) is 2.05. The molecule has 1 aliphatic heterocycles. The zero-order chi connectivity index (χ0) is 9.14. The highest BCUT2D eigenvalue weighted by atomic mass is 35.5. The summed E-state index contributed by atoms with van der Waals surface area (Å²) >= 11 is 5.98. The lowest BCUT2D eigenvalue weighted by molar-refractivity contribution is 0.508. The second-order valence-corrected chi connectivity index (χ2v) is 3.55. The molecule has 0 bridgehead atoms. The fourth-order valence-electron chi connectivity index (χ4n) is 1.10. The van der Waals surface area contributed by atoms with Crippen molar-refractivity contribution in [2.24, 2.45) is 10.9 Å². The Labute approximate surface area is 77.9 Å². The molecule has 0 aromatic rings. The molecule has 1 unspecified atom stereocenters. The molecule has 1 heterocycles. The van der Waals surface area contributed by atoms with Crippen molar-refractivity contribution in [3.05, 3.63) is 11.2 Å². The van der Waals surface area contributed by atoms with Crippen LogP contribution in [0.5, 0.6) is 0 Å². The molecule has 0 fully saturated rings. The van der Waals surface area contributed by atoms with Crippen LogP contribution in [0, 0.1) is 5.92 Å². The van der Waals surface area contributed by atoms with Gasteiger partial charge < -0.3 is 10.6 Å². The van der Waals surface area contributed by atoms with Gasteiger partial charge in [-0.1, -0.05) is 25.4 Å². The summed E-state index contributed by atoms with van der Waals surface area (Å²) in [6.45, 7) is 4.24.